The van der Waals surface area contributed by atoms with Crippen molar-refractivity contribution >= 4 is 28.3 Å². The number of hydrogen-bond donors (Lipinski definition) is 1. The number of rotatable bonds is 4. The maximum absolute atomic E-state index is 12.8. The van der Waals surface area contributed by atoms with E-state index in [1.807, 2.05) is 37.4 Å². The van der Waals surface area contributed by atoms with Gasteiger partial charge < -0.3 is 9.84 Å². The molecule has 0 saturated heterocycles. The second-order valence-electron chi connectivity index (χ2n) is 6.03. The van der Waals surface area contributed by atoms with Crippen molar-refractivity contribution in [1.82, 2.24) is 15.5 Å². The summed E-state index contributed by atoms with van der Waals surface area (Å²) in [6.07, 6.45) is 2.25. The summed E-state index contributed by atoms with van der Waals surface area (Å²) < 4.78 is 5.30. The summed E-state index contributed by atoms with van der Waals surface area (Å²) in [5, 5.41) is 9.77. The van der Waals surface area contributed by atoms with Gasteiger partial charge in [0.25, 0.3) is 11.6 Å². The Hall–Kier alpha value is -2.21. The predicted octanol–water partition coefficient (Wildman–Crippen LogP) is 3.96. The lowest BCUT2D eigenvalue weighted by Gasteiger charge is -2.13. The summed E-state index contributed by atoms with van der Waals surface area (Å²) >= 11 is 1.64. The van der Waals surface area contributed by atoms with E-state index in [4.69, 9.17) is 4.52 Å². The minimum Gasteiger partial charge on any atom is -0.345 e. The van der Waals surface area contributed by atoms with E-state index in [9.17, 15) is 4.79 Å². The molecule has 5 nitrogen and oxygen atoms in total. The van der Waals surface area contributed by atoms with Crippen molar-refractivity contribution in [1.29, 1.82) is 0 Å². The maximum Gasteiger partial charge on any atom is 0.259 e. The van der Waals surface area contributed by atoms with E-state index in [1.54, 1.807) is 11.3 Å². The van der Waals surface area contributed by atoms with Crippen LogP contribution in [-0.2, 0) is 0 Å². The number of pyridine rings is 1. The number of aryl methyl sites for hydroxylation is 1. The molecule has 3 heterocycles. The Balaban J connectivity index is 1.71. The standard InChI is InChI=1S/C17H17N3O2S/c1-9(14-4-3-7-23-14)18-16(21)12-8-13(11-5-6-11)19-17-15(12)10(2)20-22-17/h3-4,7-9,11H,5-6H2,1-2H3,(H,18,21)/t9-/m0/s1. The van der Waals surface area contributed by atoms with E-state index in [1.165, 1.54) is 0 Å². The largest absolute Gasteiger partial charge is 0.345 e. The summed E-state index contributed by atoms with van der Waals surface area (Å²) in [7, 11) is 0. The van der Waals surface area contributed by atoms with E-state index >= 15 is 0 Å². The number of amides is 1. The molecule has 0 unspecified atom stereocenters. The van der Waals surface area contributed by atoms with Crippen LogP contribution >= 0.6 is 11.3 Å². The molecule has 1 saturated carbocycles. The van der Waals surface area contributed by atoms with Gasteiger partial charge in [-0.25, -0.2) is 4.98 Å². The first-order chi connectivity index (χ1) is 11.1. The van der Waals surface area contributed by atoms with Crippen LogP contribution in [0.5, 0.6) is 0 Å². The quantitative estimate of drug-likeness (QED) is 0.787. The zero-order valence-corrected chi connectivity index (χ0v) is 13.8. The van der Waals surface area contributed by atoms with Crippen LogP contribution in [0, 0.1) is 6.92 Å². The molecule has 118 valence electrons. The van der Waals surface area contributed by atoms with Gasteiger partial charge in [0.15, 0.2) is 0 Å². The molecular formula is C17H17N3O2S. The van der Waals surface area contributed by atoms with Crippen molar-refractivity contribution in [3.05, 3.63) is 45.4 Å². The average molecular weight is 327 g/mol. The van der Waals surface area contributed by atoms with Gasteiger partial charge in [0.1, 0.15) is 0 Å². The predicted molar refractivity (Wildman–Crippen MR) is 88.7 cm³/mol. The molecule has 1 aliphatic rings. The monoisotopic (exact) mass is 327 g/mol. The number of carbonyl (C=O) groups excluding carboxylic acids is 1. The lowest BCUT2D eigenvalue weighted by molar-refractivity contribution is 0.0942. The molecule has 0 aliphatic heterocycles. The van der Waals surface area contributed by atoms with Gasteiger partial charge in [-0.05, 0) is 44.2 Å². The van der Waals surface area contributed by atoms with E-state index in [0.717, 1.165) is 23.4 Å². The number of nitrogens with one attached hydrogen (secondary N) is 1. The second kappa shape index (κ2) is 5.45. The third-order valence-corrected chi connectivity index (χ3v) is 5.25. The fraction of sp³-hybridized carbons (Fsp3) is 0.353. The van der Waals surface area contributed by atoms with Crippen LogP contribution in [0.25, 0.3) is 11.1 Å². The van der Waals surface area contributed by atoms with Crippen LogP contribution in [0.2, 0.25) is 0 Å². The molecule has 23 heavy (non-hydrogen) atoms. The zero-order valence-electron chi connectivity index (χ0n) is 13.0. The molecule has 1 atom stereocenters. The van der Waals surface area contributed by atoms with Crippen molar-refractivity contribution in [2.24, 2.45) is 0 Å². The number of carbonyl (C=O) groups is 1. The van der Waals surface area contributed by atoms with Crippen LogP contribution in [0.15, 0.2) is 28.1 Å². The molecule has 1 aliphatic carbocycles. The van der Waals surface area contributed by atoms with Crippen LogP contribution < -0.4 is 5.32 Å². The van der Waals surface area contributed by atoms with Crippen LogP contribution in [0.1, 0.15) is 58.3 Å². The fourth-order valence-corrected chi connectivity index (χ4v) is 3.50. The molecule has 3 aromatic heterocycles. The normalized spacial score (nSPS) is 15.7. The molecule has 3 aromatic rings. The van der Waals surface area contributed by atoms with Gasteiger partial charge in [-0.2, -0.15) is 0 Å². The van der Waals surface area contributed by atoms with Gasteiger partial charge in [0.2, 0.25) is 0 Å². The van der Waals surface area contributed by atoms with E-state index < -0.39 is 0 Å². The molecule has 1 amide bonds. The SMILES string of the molecule is Cc1noc2nc(C3CC3)cc(C(=O)N[C@@H](C)c3cccs3)c12. The number of fused-ring (bicyclic) bond motifs is 1. The minimum absolute atomic E-state index is 0.0322. The Morgan fingerprint density at radius 3 is 3.00 bits per heavy atom. The van der Waals surface area contributed by atoms with Crippen LogP contribution in [-0.4, -0.2) is 16.0 Å². The van der Waals surface area contributed by atoms with Crippen molar-refractivity contribution in [3.8, 4) is 0 Å². The topological polar surface area (TPSA) is 68.0 Å². The Morgan fingerprint density at radius 1 is 1.48 bits per heavy atom. The van der Waals surface area contributed by atoms with Gasteiger partial charge in [-0.1, -0.05) is 11.2 Å². The number of aromatic nitrogens is 2. The van der Waals surface area contributed by atoms with Crippen molar-refractivity contribution < 1.29 is 9.32 Å². The molecular weight excluding hydrogens is 310 g/mol. The van der Waals surface area contributed by atoms with E-state index in [2.05, 4.69) is 15.5 Å². The Kier molecular flexibility index (Phi) is 3.41. The highest BCUT2D eigenvalue weighted by Crippen LogP contribution is 2.40. The van der Waals surface area contributed by atoms with Crippen molar-refractivity contribution in [3.63, 3.8) is 0 Å². The Bertz CT molecular complexity index is 865. The van der Waals surface area contributed by atoms with Gasteiger partial charge >= 0.3 is 0 Å². The smallest absolute Gasteiger partial charge is 0.259 e. The molecule has 0 aromatic carbocycles. The Labute approximate surface area is 137 Å². The van der Waals surface area contributed by atoms with E-state index in [0.29, 0.717) is 28.3 Å². The molecule has 6 heteroatoms. The zero-order chi connectivity index (χ0) is 16.0. The summed E-state index contributed by atoms with van der Waals surface area (Å²) in [5.74, 6) is 0.345. The third kappa shape index (κ3) is 2.63. The molecule has 4 rings (SSSR count). The number of hydrogen-bond acceptors (Lipinski definition) is 5. The second-order valence-corrected chi connectivity index (χ2v) is 7.01. The third-order valence-electron chi connectivity index (χ3n) is 4.19. The number of nitrogens with zero attached hydrogens (tertiary/aromatic N) is 2. The molecule has 0 radical (unpaired) electrons. The summed E-state index contributed by atoms with van der Waals surface area (Å²) in [5.41, 5.74) is 2.70. The lowest BCUT2D eigenvalue weighted by atomic mass is 10.1. The van der Waals surface area contributed by atoms with Crippen molar-refractivity contribution in [2.75, 3.05) is 0 Å². The highest BCUT2D eigenvalue weighted by atomic mass is 32.1. The Morgan fingerprint density at radius 2 is 2.30 bits per heavy atom. The fourth-order valence-electron chi connectivity index (χ4n) is 2.76. The maximum atomic E-state index is 12.8. The number of thiophene rings is 1. The highest BCUT2D eigenvalue weighted by Gasteiger charge is 2.29. The van der Waals surface area contributed by atoms with E-state index in [-0.39, 0.29) is 11.9 Å². The van der Waals surface area contributed by atoms with Gasteiger partial charge in [0, 0.05) is 16.5 Å². The van der Waals surface area contributed by atoms with Crippen molar-refractivity contribution in [2.45, 2.75) is 38.6 Å². The molecule has 0 bridgehead atoms. The average Bonchev–Trinajstić information content (AvgIpc) is 3.11. The highest BCUT2D eigenvalue weighted by molar-refractivity contribution is 7.10. The summed E-state index contributed by atoms with van der Waals surface area (Å²) in [6, 6.07) is 5.89. The van der Waals surface area contributed by atoms with Gasteiger partial charge in [-0.3, -0.25) is 4.79 Å². The van der Waals surface area contributed by atoms with Gasteiger partial charge in [-0.15, -0.1) is 11.3 Å². The summed E-state index contributed by atoms with van der Waals surface area (Å²) in [4.78, 5) is 18.5. The molecule has 1 fully saturated rings. The molecule has 1 N–H and O–H groups in total. The minimum atomic E-state index is -0.105. The summed E-state index contributed by atoms with van der Waals surface area (Å²) in [6.45, 7) is 3.83. The first-order valence-corrected chi connectivity index (χ1v) is 8.62. The van der Waals surface area contributed by atoms with Crippen LogP contribution in [0.4, 0.5) is 0 Å². The molecule has 0 spiro atoms. The van der Waals surface area contributed by atoms with Gasteiger partial charge in [0.05, 0.1) is 22.7 Å². The first kappa shape index (κ1) is 14.4. The lowest BCUT2D eigenvalue weighted by Crippen LogP contribution is -2.26. The van der Waals surface area contributed by atoms with Crippen LogP contribution in [0.3, 0.4) is 0 Å². The first-order valence-electron chi connectivity index (χ1n) is 7.74.